The second kappa shape index (κ2) is 10.1. The molecule has 3 aromatic rings. The third kappa shape index (κ3) is 6.13. The molecule has 2 aromatic heterocycles. The molecule has 9 nitrogen and oxygen atoms in total. The van der Waals surface area contributed by atoms with Gasteiger partial charge in [0.1, 0.15) is 24.2 Å². The first kappa shape index (κ1) is 24.2. The van der Waals surface area contributed by atoms with E-state index in [0.717, 1.165) is 0 Å². The summed E-state index contributed by atoms with van der Waals surface area (Å²) in [5, 5.41) is 11.0. The van der Waals surface area contributed by atoms with Crippen molar-refractivity contribution in [1.29, 1.82) is 0 Å². The molecule has 1 aliphatic heterocycles. The van der Waals surface area contributed by atoms with Crippen molar-refractivity contribution < 1.29 is 36.6 Å². The lowest BCUT2D eigenvalue weighted by molar-refractivity contribution is -0.226. The molecule has 1 fully saturated rings. The maximum Gasteiger partial charge on any atom is 0.414 e. The number of hydrogen-bond donors (Lipinski definition) is 1. The zero-order valence-corrected chi connectivity index (χ0v) is 18.7. The fourth-order valence-corrected chi connectivity index (χ4v) is 3.49. The van der Waals surface area contributed by atoms with Crippen LogP contribution in [0.1, 0.15) is 42.2 Å². The molecule has 182 valence electrons. The lowest BCUT2D eigenvalue weighted by Crippen LogP contribution is -2.41. The number of fused-ring (bicyclic) bond motifs is 1. The third-order valence-corrected chi connectivity index (χ3v) is 5.23. The minimum atomic E-state index is -3.25. The Kier molecular flexibility index (Phi) is 7.19. The monoisotopic (exact) mass is 500 g/mol. The Morgan fingerprint density at radius 3 is 2.82 bits per heavy atom. The summed E-state index contributed by atoms with van der Waals surface area (Å²) >= 11 is 5.77. The molecule has 0 aliphatic carbocycles. The molecule has 0 unspecified atom stereocenters. The number of alkyl halides is 2. The van der Waals surface area contributed by atoms with E-state index in [9.17, 15) is 18.0 Å². The second-order valence-corrected chi connectivity index (χ2v) is 8.04. The van der Waals surface area contributed by atoms with Gasteiger partial charge in [-0.05, 0) is 25.0 Å². The van der Waals surface area contributed by atoms with Gasteiger partial charge in [-0.25, -0.2) is 9.37 Å². The molecule has 1 saturated heterocycles. The van der Waals surface area contributed by atoms with Crippen molar-refractivity contribution in [2.75, 3.05) is 19.8 Å². The summed E-state index contributed by atoms with van der Waals surface area (Å²) in [6, 6.07) is 5.52. The van der Waals surface area contributed by atoms with Gasteiger partial charge in [0.05, 0.1) is 29.8 Å². The number of carbonyl (C=O) groups excluding carboxylic acids is 1. The summed E-state index contributed by atoms with van der Waals surface area (Å²) < 4.78 is 59.3. The van der Waals surface area contributed by atoms with Crippen LogP contribution in [0, 0.1) is 5.82 Å². The summed E-state index contributed by atoms with van der Waals surface area (Å²) in [6.07, 6.45) is -2.89. The van der Waals surface area contributed by atoms with Gasteiger partial charge in [0.15, 0.2) is 0 Å². The molecule has 13 heteroatoms. The van der Waals surface area contributed by atoms with Gasteiger partial charge in [0.2, 0.25) is 5.89 Å². The number of halogens is 4. The highest BCUT2D eigenvalue weighted by atomic mass is 35.5. The number of benzene rings is 1. The third-order valence-electron chi connectivity index (χ3n) is 4.94. The van der Waals surface area contributed by atoms with Crippen molar-refractivity contribution >= 4 is 28.4 Å². The second-order valence-electron chi connectivity index (χ2n) is 7.64. The van der Waals surface area contributed by atoms with E-state index >= 15 is 0 Å². The molecular weight excluding hydrogens is 481 g/mol. The number of rotatable bonds is 8. The summed E-state index contributed by atoms with van der Waals surface area (Å²) in [7, 11) is 0. The summed E-state index contributed by atoms with van der Waals surface area (Å²) in [5.74, 6) is -0.854. The topological polar surface area (TPSA) is 109 Å². The number of aromatic nitrogens is 3. The molecule has 0 bridgehead atoms. The first-order valence-electron chi connectivity index (χ1n) is 10.3. The van der Waals surface area contributed by atoms with Gasteiger partial charge in [-0.1, -0.05) is 22.8 Å². The Hall–Kier alpha value is -2.96. The number of amides is 1. The number of ether oxygens (including phenoxy) is 3. The van der Waals surface area contributed by atoms with Crippen molar-refractivity contribution in [1.82, 2.24) is 20.5 Å². The van der Waals surface area contributed by atoms with Crippen molar-refractivity contribution in [3.63, 3.8) is 0 Å². The fraction of sp³-hybridized carbons (Fsp3) is 0.429. The van der Waals surface area contributed by atoms with Gasteiger partial charge in [-0.2, -0.15) is 8.78 Å². The quantitative estimate of drug-likeness (QED) is 0.461. The van der Waals surface area contributed by atoms with Crippen molar-refractivity contribution in [2.24, 2.45) is 0 Å². The molecule has 1 N–H and O–H groups in total. The van der Waals surface area contributed by atoms with Gasteiger partial charge in [0, 0.05) is 18.4 Å². The van der Waals surface area contributed by atoms with Gasteiger partial charge in [0.25, 0.3) is 5.91 Å². The van der Waals surface area contributed by atoms with Crippen LogP contribution in [-0.2, 0) is 9.47 Å². The van der Waals surface area contributed by atoms with Crippen LogP contribution in [0.5, 0.6) is 6.08 Å². The van der Waals surface area contributed by atoms with Gasteiger partial charge < -0.3 is 23.9 Å². The van der Waals surface area contributed by atoms with Gasteiger partial charge >= 0.3 is 12.2 Å². The zero-order chi connectivity index (χ0) is 24.3. The lowest BCUT2D eigenvalue weighted by atomic mass is 10.0. The largest absolute Gasteiger partial charge is 0.447 e. The number of nitrogens with one attached hydrogen (secondary N) is 1. The summed E-state index contributed by atoms with van der Waals surface area (Å²) in [5.41, 5.74) is 0.457. The molecule has 0 saturated carbocycles. The molecule has 0 radical (unpaired) electrons. The SMILES string of the molecule is CC(F)(F)OCCOc1nnc([C@@H]2CC[C@@H](NC(=O)c3ccc4cc(Cl)c(F)cc4n3)CO2)o1. The maximum absolute atomic E-state index is 13.7. The van der Waals surface area contributed by atoms with Crippen LogP contribution in [0.2, 0.25) is 5.02 Å². The molecule has 3 heterocycles. The lowest BCUT2D eigenvalue weighted by Gasteiger charge is -2.27. The Labute approximate surface area is 196 Å². The van der Waals surface area contributed by atoms with E-state index in [0.29, 0.717) is 30.7 Å². The molecule has 1 amide bonds. The van der Waals surface area contributed by atoms with Gasteiger partial charge in [-0.15, -0.1) is 5.10 Å². The van der Waals surface area contributed by atoms with Crippen molar-refractivity contribution in [2.45, 2.75) is 38.0 Å². The number of hydrogen-bond acceptors (Lipinski definition) is 8. The van der Waals surface area contributed by atoms with E-state index in [4.69, 9.17) is 25.5 Å². The van der Waals surface area contributed by atoms with Crippen LogP contribution >= 0.6 is 11.6 Å². The van der Waals surface area contributed by atoms with Crippen molar-refractivity contribution in [3.05, 3.63) is 46.7 Å². The molecule has 34 heavy (non-hydrogen) atoms. The van der Waals surface area contributed by atoms with E-state index in [1.54, 1.807) is 6.07 Å². The molecule has 1 aromatic carbocycles. The van der Waals surface area contributed by atoms with Crippen LogP contribution in [0.4, 0.5) is 13.2 Å². The smallest absolute Gasteiger partial charge is 0.414 e. The predicted octanol–water partition coefficient (Wildman–Crippen LogP) is 4.07. The number of pyridine rings is 1. The van der Waals surface area contributed by atoms with Crippen molar-refractivity contribution in [3.8, 4) is 6.08 Å². The fourth-order valence-electron chi connectivity index (χ4n) is 3.32. The molecule has 4 rings (SSSR count). The van der Waals surface area contributed by atoms with E-state index in [-0.39, 0.29) is 48.5 Å². The highest BCUT2D eigenvalue weighted by molar-refractivity contribution is 6.31. The first-order valence-corrected chi connectivity index (χ1v) is 10.7. The molecular formula is C21H20ClF3N4O5. The van der Waals surface area contributed by atoms with Crippen LogP contribution in [0.3, 0.4) is 0 Å². The minimum Gasteiger partial charge on any atom is -0.447 e. The van der Waals surface area contributed by atoms with Gasteiger partial charge in [-0.3, -0.25) is 4.79 Å². The Morgan fingerprint density at radius 1 is 1.26 bits per heavy atom. The Balaban J connectivity index is 1.26. The standard InChI is InChI=1S/C21H20ClF3N4O5/c1-21(24,25)33-7-6-31-20-29-28-19(34-20)17-5-3-12(10-32-17)26-18(30)15-4-2-11-8-13(22)14(23)9-16(11)27-15/h2,4,8-9,12,17H,3,5-7,10H2,1H3,(H,26,30)/t12-,17+/m1/s1. The predicted molar refractivity (Wildman–Crippen MR) is 112 cm³/mol. The minimum absolute atomic E-state index is 0.0181. The van der Waals surface area contributed by atoms with E-state index in [1.165, 1.54) is 18.2 Å². The highest BCUT2D eigenvalue weighted by Gasteiger charge is 2.29. The molecule has 2 atom stereocenters. The molecule has 1 aliphatic rings. The first-order chi connectivity index (χ1) is 16.2. The van der Waals surface area contributed by atoms with Crippen LogP contribution in [0.25, 0.3) is 10.9 Å². The number of carbonyl (C=O) groups is 1. The highest BCUT2D eigenvalue weighted by Crippen LogP contribution is 2.29. The van der Waals surface area contributed by atoms with Crippen LogP contribution < -0.4 is 10.1 Å². The molecule has 0 spiro atoms. The summed E-state index contributed by atoms with van der Waals surface area (Å²) in [6.45, 7) is 0.278. The Bertz CT molecular complexity index is 1170. The number of nitrogens with zero attached hydrogens (tertiary/aromatic N) is 3. The average Bonchev–Trinajstić information content (AvgIpc) is 3.26. The zero-order valence-electron chi connectivity index (χ0n) is 17.9. The average molecular weight is 501 g/mol. The Morgan fingerprint density at radius 2 is 2.09 bits per heavy atom. The van der Waals surface area contributed by atoms with E-state index in [1.807, 2.05) is 0 Å². The normalized spacial score (nSPS) is 18.7. The maximum atomic E-state index is 13.7. The van der Waals surface area contributed by atoms with E-state index in [2.05, 4.69) is 25.2 Å². The summed E-state index contributed by atoms with van der Waals surface area (Å²) in [4.78, 5) is 16.8. The van der Waals surface area contributed by atoms with E-state index < -0.39 is 23.9 Å². The van der Waals surface area contributed by atoms with Crippen LogP contribution in [-0.4, -0.2) is 53.1 Å². The van der Waals surface area contributed by atoms with Crippen LogP contribution in [0.15, 0.2) is 28.7 Å².